The highest BCUT2D eigenvalue weighted by atomic mass is 19.4. The van der Waals surface area contributed by atoms with Crippen molar-refractivity contribution in [3.63, 3.8) is 0 Å². The number of hydrogen-bond donors (Lipinski definition) is 2. The van der Waals surface area contributed by atoms with E-state index in [1.165, 1.54) is 31.0 Å². The Morgan fingerprint density at radius 3 is 2.46 bits per heavy atom. The minimum Gasteiger partial charge on any atom is -0.338 e. The number of hydrogen-bond acceptors (Lipinski definition) is 9. The molecular formula is C28H28F3N9O. The smallest absolute Gasteiger partial charge is 0.338 e. The fourth-order valence-corrected chi connectivity index (χ4v) is 4.84. The molecule has 0 bridgehead atoms. The van der Waals surface area contributed by atoms with Gasteiger partial charge in [-0.25, -0.2) is 4.98 Å². The van der Waals surface area contributed by atoms with E-state index in [9.17, 15) is 18.0 Å². The molecule has 4 heterocycles. The van der Waals surface area contributed by atoms with E-state index in [1.807, 2.05) is 12.1 Å². The monoisotopic (exact) mass is 563 g/mol. The van der Waals surface area contributed by atoms with Gasteiger partial charge in [0.1, 0.15) is 5.82 Å². The molecule has 212 valence electrons. The Balaban J connectivity index is 1.00. The second kappa shape index (κ2) is 11.2. The largest absolute Gasteiger partial charge is 0.417 e. The molecule has 1 aliphatic heterocycles. The third-order valence-electron chi connectivity index (χ3n) is 7.20. The number of benzene rings is 1. The summed E-state index contributed by atoms with van der Waals surface area (Å²) in [6, 6.07) is 12.0. The first-order valence-corrected chi connectivity index (χ1v) is 13.5. The number of carbonyl (C=O) groups is 1. The number of H-pyrrole nitrogens is 1. The fourth-order valence-electron chi connectivity index (χ4n) is 4.84. The number of Topliss-reactive ketones (excluding diaryl/α,β-unsaturated/α-hetero) is 1. The van der Waals surface area contributed by atoms with Gasteiger partial charge in [-0.3, -0.25) is 14.8 Å². The molecule has 4 aromatic rings. The quantitative estimate of drug-likeness (QED) is 0.286. The van der Waals surface area contributed by atoms with Gasteiger partial charge in [0.2, 0.25) is 5.95 Å². The molecule has 13 heteroatoms. The lowest BCUT2D eigenvalue weighted by atomic mass is 10.00. The number of alkyl halides is 3. The van der Waals surface area contributed by atoms with Crippen LogP contribution in [0.15, 0.2) is 54.7 Å². The van der Waals surface area contributed by atoms with Gasteiger partial charge in [-0.1, -0.05) is 18.2 Å². The molecule has 41 heavy (non-hydrogen) atoms. The average Bonchev–Trinajstić information content (AvgIpc) is 3.72. The predicted octanol–water partition coefficient (Wildman–Crippen LogP) is 4.38. The van der Waals surface area contributed by atoms with Crippen molar-refractivity contribution >= 4 is 23.4 Å². The summed E-state index contributed by atoms with van der Waals surface area (Å²) in [5, 5.41) is 19.0. The van der Waals surface area contributed by atoms with Crippen molar-refractivity contribution in [1.82, 2.24) is 35.3 Å². The standard InChI is InChI=1S/C28H28F3N9O/c29-28(30,31)22-4-2-1-3-21(22)24(41)15-19-7-8-20(36-35-19)17-39-11-13-40(14-12-39)27-32-10-9-25(34-27)33-26-16-23(37-38-26)18-5-6-18/h1-4,7-10,16,18H,5-6,11-15,17H2,(H2,32,33,34,37,38). The van der Waals surface area contributed by atoms with Crippen molar-refractivity contribution in [2.24, 2.45) is 0 Å². The number of carbonyl (C=O) groups excluding carboxylic acids is 1. The zero-order valence-electron chi connectivity index (χ0n) is 22.1. The van der Waals surface area contributed by atoms with E-state index in [4.69, 9.17) is 0 Å². The Kier molecular flexibility index (Phi) is 7.35. The molecule has 1 aromatic carbocycles. The third-order valence-corrected chi connectivity index (χ3v) is 7.20. The van der Waals surface area contributed by atoms with Crippen LogP contribution in [0.5, 0.6) is 0 Å². The normalized spacial score (nSPS) is 16.1. The molecule has 0 radical (unpaired) electrons. The van der Waals surface area contributed by atoms with Crippen LogP contribution >= 0.6 is 0 Å². The average molecular weight is 564 g/mol. The number of nitrogens with zero attached hydrogens (tertiary/aromatic N) is 7. The first-order chi connectivity index (χ1) is 19.8. The second-order valence-corrected chi connectivity index (χ2v) is 10.3. The number of rotatable bonds is 9. The predicted molar refractivity (Wildman–Crippen MR) is 145 cm³/mol. The Labute approximate surface area is 234 Å². The van der Waals surface area contributed by atoms with Crippen molar-refractivity contribution in [1.29, 1.82) is 0 Å². The van der Waals surface area contributed by atoms with E-state index in [1.54, 1.807) is 18.3 Å². The lowest BCUT2D eigenvalue weighted by molar-refractivity contribution is -0.137. The molecule has 6 rings (SSSR count). The van der Waals surface area contributed by atoms with Gasteiger partial charge in [-0.15, -0.1) is 0 Å². The third kappa shape index (κ3) is 6.51. The minimum absolute atomic E-state index is 0.255. The number of nitrogens with one attached hydrogen (secondary N) is 2. The van der Waals surface area contributed by atoms with Crippen molar-refractivity contribution < 1.29 is 18.0 Å². The number of ketones is 1. The summed E-state index contributed by atoms with van der Waals surface area (Å²) in [4.78, 5) is 26.0. The highest BCUT2D eigenvalue weighted by molar-refractivity contribution is 5.98. The van der Waals surface area contributed by atoms with Gasteiger partial charge >= 0.3 is 6.18 Å². The first-order valence-electron chi connectivity index (χ1n) is 13.5. The molecule has 1 saturated carbocycles. The van der Waals surface area contributed by atoms with E-state index in [2.05, 4.69) is 45.5 Å². The molecule has 10 nitrogen and oxygen atoms in total. The van der Waals surface area contributed by atoms with Crippen molar-refractivity contribution in [2.45, 2.75) is 37.9 Å². The molecule has 2 N–H and O–H groups in total. The van der Waals surface area contributed by atoms with E-state index >= 15 is 0 Å². The summed E-state index contributed by atoms with van der Waals surface area (Å²) in [6.07, 6.45) is -0.719. The van der Waals surface area contributed by atoms with E-state index in [0.717, 1.165) is 49.5 Å². The maximum atomic E-state index is 13.3. The molecule has 2 fully saturated rings. The molecule has 1 saturated heterocycles. The number of anilines is 3. The van der Waals surface area contributed by atoms with Crippen LogP contribution in [0.2, 0.25) is 0 Å². The van der Waals surface area contributed by atoms with E-state index < -0.39 is 17.5 Å². The first kappa shape index (κ1) is 26.8. The molecular weight excluding hydrogens is 535 g/mol. The number of piperazine rings is 1. The Morgan fingerprint density at radius 1 is 0.976 bits per heavy atom. The highest BCUT2D eigenvalue weighted by Crippen LogP contribution is 2.39. The van der Waals surface area contributed by atoms with Gasteiger partial charge in [-0.05, 0) is 37.1 Å². The molecule has 0 unspecified atom stereocenters. The Morgan fingerprint density at radius 2 is 1.73 bits per heavy atom. The molecule has 0 atom stereocenters. The van der Waals surface area contributed by atoms with Crippen LogP contribution in [0.25, 0.3) is 0 Å². The minimum atomic E-state index is -4.60. The summed E-state index contributed by atoms with van der Waals surface area (Å²) in [5.41, 5.74) is 0.889. The fraction of sp³-hybridized carbons (Fsp3) is 0.357. The number of halogens is 3. The molecule has 0 amide bonds. The molecule has 3 aromatic heterocycles. The summed E-state index contributed by atoms with van der Waals surface area (Å²) >= 11 is 0. The van der Waals surface area contributed by atoms with Gasteiger partial charge in [0.05, 0.1) is 23.4 Å². The maximum Gasteiger partial charge on any atom is 0.417 e. The molecule has 0 spiro atoms. The second-order valence-electron chi connectivity index (χ2n) is 10.3. The van der Waals surface area contributed by atoms with Gasteiger partial charge in [-0.2, -0.15) is 33.5 Å². The lowest BCUT2D eigenvalue weighted by Crippen LogP contribution is -2.46. The lowest BCUT2D eigenvalue weighted by Gasteiger charge is -2.34. The Hall–Kier alpha value is -4.39. The van der Waals surface area contributed by atoms with E-state index in [0.29, 0.717) is 29.9 Å². The van der Waals surface area contributed by atoms with Crippen LogP contribution in [-0.2, 0) is 19.1 Å². The van der Waals surface area contributed by atoms with Crippen LogP contribution in [0.1, 0.15) is 51.8 Å². The van der Waals surface area contributed by atoms with Crippen LogP contribution in [-0.4, -0.2) is 67.2 Å². The van der Waals surface area contributed by atoms with Gasteiger partial charge in [0.15, 0.2) is 11.6 Å². The number of aromatic nitrogens is 6. The van der Waals surface area contributed by atoms with Crippen LogP contribution < -0.4 is 10.2 Å². The van der Waals surface area contributed by atoms with Crippen LogP contribution in [0.3, 0.4) is 0 Å². The number of aromatic amines is 1. The zero-order chi connectivity index (χ0) is 28.4. The van der Waals surface area contributed by atoms with Gasteiger partial charge < -0.3 is 10.2 Å². The van der Waals surface area contributed by atoms with Crippen LogP contribution in [0, 0.1) is 0 Å². The SMILES string of the molecule is O=C(Cc1ccc(CN2CCN(c3nccc(Nc4cc(C5CC5)[nH]n4)n3)CC2)nn1)c1ccccc1C(F)(F)F. The van der Waals surface area contributed by atoms with Crippen molar-refractivity contribution in [2.75, 3.05) is 36.4 Å². The maximum absolute atomic E-state index is 13.3. The topological polar surface area (TPSA) is 116 Å². The van der Waals surface area contributed by atoms with E-state index in [-0.39, 0.29) is 12.0 Å². The van der Waals surface area contributed by atoms with Gasteiger partial charge in [0.25, 0.3) is 0 Å². The van der Waals surface area contributed by atoms with Crippen molar-refractivity contribution in [3.05, 3.63) is 82.9 Å². The summed E-state index contributed by atoms with van der Waals surface area (Å²) < 4.78 is 39.8. The van der Waals surface area contributed by atoms with Crippen LogP contribution in [0.4, 0.5) is 30.8 Å². The van der Waals surface area contributed by atoms with Gasteiger partial charge in [0, 0.05) is 62.2 Å². The zero-order valence-corrected chi connectivity index (χ0v) is 22.1. The molecule has 2 aliphatic rings. The summed E-state index contributed by atoms with van der Waals surface area (Å²) in [6.45, 7) is 3.56. The highest BCUT2D eigenvalue weighted by Gasteiger charge is 2.34. The molecule has 1 aliphatic carbocycles. The summed E-state index contributed by atoms with van der Waals surface area (Å²) in [5.74, 6) is 2.02. The summed E-state index contributed by atoms with van der Waals surface area (Å²) in [7, 11) is 0. The Bertz CT molecular complexity index is 1510. The van der Waals surface area contributed by atoms with Crippen molar-refractivity contribution in [3.8, 4) is 0 Å².